The Hall–Kier alpha value is -2.54. The van der Waals surface area contributed by atoms with Crippen molar-refractivity contribution in [2.75, 3.05) is 13.1 Å². The van der Waals surface area contributed by atoms with Gasteiger partial charge in [0.15, 0.2) is 5.11 Å². The predicted molar refractivity (Wildman–Crippen MR) is 97.4 cm³/mol. The molecule has 6 nitrogen and oxygen atoms in total. The van der Waals surface area contributed by atoms with Crippen LogP contribution in [0, 0.1) is 5.92 Å². The van der Waals surface area contributed by atoms with Crippen LogP contribution in [0.2, 0.25) is 0 Å². The molecule has 0 unspecified atom stereocenters. The Kier molecular flexibility index (Phi) is 4.09. The summed E-state index contributed by atoms with van der Waals surface area (Å²) in [5.41, 5.74) is 1.61. The van der Waals surface area contributed by atoms with Gasteiger partial charge in [0.1, 0.15) is 0 Å². The van der Waals surface area contributed by atoms with Gasteiger partial charge >= 0.3 is 0 Å². The number of aromatic nitrogens is 2. The number of hydrogen-bond donors (Lipinski definition) is 1. The zero-order valence-corrected chi connectivity index (χ0v) is 14.4. The third-order valence-corrected chi connectivity index (χ3v) is 5.27. The van der Waals surface area contributed by atoms with Crippen molar-refractivity contribution in [3.8, 4) is 0 Å². The molecule has 2 atom stereocenters. The molecule has 1 fully saturated rings. The molecule has 25 heavy (non-hydrogen) atoms. The fourth-order valence-electron chi connectivity index (χ4n) is 3.81. The van der Waals surface area contributed by atoms with Gasteiger partial charge in [-0.05, 0) is 42.8 Å². The first-order valence-electron chi connectivity index (χ1n) is 8.32. The second kappa shape index (κ2) is 6.40. The van der Waals surface area contributed by atoms with E-state index in [9.17, 15) is 9.59 Å². The maximum absolute atomic E-state index is 12.3. The molecule has 1 amide bonds. The van der Waals surface area contributed by atoms with Gasteiger partial charge in [0, 0.05) is 49.7 Å². The van der Waals surface area contributed by atoms with Crippen molar-refractivity contribution in [3.05, 3.63) is 64.3 Å². The Morgan fingerprint density at radius 2 is 2.08 bits per heavy atom. The monoisotopic (exact) mass is 354 g/mol. The highest BCUT2D eigenvalue weighted by atomic mass is 32.1. The van der Waals surface area contributed by atoms with Gasteiger partial charge in [-0.3, -0.25) is 19.9 Å². The van der Waals surface area contributed by atoms with Crippen molar-refractivity contribution in [3.63, 3.8) is 0 Å². The molecular formula is C18H18N4O2S. The fourth-order valence-corrected chi connectivity index (χ4v) is 4.05. The Bertz CT molecular complexity index is 880. The van der Waals surface area contributed by atoms with E-state index in [1.54, 1.807) is 24.4 Å². The lowest BCUT2D eigenvalue weighted by atomic mass is 9.83. The maximum atomic E-state index is 12.3. The third-order valence-electron chi connectivity index (χ3n) is 4.91. The summed E-state index contributed by atoms with van der Waals surface area (Å²) in [6, 6.07) is 8.87. The van der Waals surface area contributed by atoms with E-state index in [2.05, 4.69) is 10.3 Å². The van der Waals surface area contributed by atoms with E-state index in [1.165, 1.54) is 6.20 Å². The fraction of sp³-hybridized carbons (Fsp3) is 0.333. The second-order valence-electron chi connectivity index (χ2n) is 6.60. The van der Waals surface area contributed by atoms with Gasteiger partial charge in [0.05, 0.1) is 5.56 Å². The molecular weight excluding hydrogens is 336 g/mol. The number of nitrogens with one attached hydrogen (secondary N) is 1. The highest BCUT2D eigenvalue weighted by Gasteiger charge is 2.35. The molecule has 2 aliphatic heterocycles. The SMILES string of the molecule is O=C(NC(=S)N1C[C@H]2C[C@H](C1)c1cccc(=O)n1C2)c1cccnc1. The van der Waals surface area contributed by atoms with Gasteiger partial charge in [0.25, 0.3) is 11.5 Å². The summed E-state index contributed by atoms with van der Waals surface area (Å²) >= 11 is 5.46. The first-order valence-corrected chi connectivity index (χ1v) is 8.72. The summed E-state index contributed by atoms with van der Waals surface area (Å²) in [5.74, 6) is 0.375. The van der Waals surface area contributed by atoms with Crippen molar-refractivity contribution in [2.24, 2.45) is 5.92 Å². The van der Waals surface area contributed by atoms with Crippen LogP contribution in [0.5, 0.6) is 0 Å². The lowest BCUT2D eigenvalue weighted by molar-refractivity contribution is 0.0967. The number of piperidine rings is 1. The summed E-state index contributed by atoms with van der Waals surface area (Å²) in [7, 11) is 0. The first-order chi connectivity index (χ1) is 12.1. The van der Waals surface area contributed by atoms with Crippen LogP contribution in [0.1, 0.15) is 28.4 Å². The number of nitrogens with zero attached hydrogens (tertiary/aromatic N) is 3. The number of hydrogen-bond acceptors (Lipinski definition) is 4. The molecule has 0 radical (unpaired) electrons. The van der Waals surface area contributed by atoms with Crippen molar-refractivity contribution < 1.29 is 4.79 Å². The van der Waals surface area contributed by atoms with Gasteiger partial charge in [-0.25, -0.2) is 0 Å². The molecule has 2 aromatic heterocycles. The molecule has 2 aliphatic rings. The van der Waals surface area contributed by atoms with Crippen molar-refractivity contribution in [1.29, 1.82) is 0 Å². The molecule has 0 spiro atoms. The molecule has 0 aliphatic carbocycles. The third kappa shape index (κ3) is 3.07. The summed E-state index contributed by atoms with van der Waals surface area (Å²) in [6.45, 7) is 2.18. The minimum absolute atomic E-state index is 0.0631. The minimum Gasteiger partial charge on any atom is -0.348 e. The summed E-state index contributed by atoms with van der Waals surface area (Å²) in [4.78, 5) is 30.4. The second-order valence-corrected chi connectivity index (χ2v) is 6.99. The van der Waals surface area contributed by atoms with Crippen molar-refractivity contribution in [1.82, 2.24) is 19.8 Å². The molecule has 128 valence electrons. The zero-order valence-electron chi connectivity index (χ0n) is 13.6. The number of rotatable bonds is 1. The van der Waals surface area contributed by atoms with Crippen molar-refractivity contribution >= 4 is 23.2 Å². The summed E-state index contributed by atoms with van der Waals surface area (Å²) in [6.07, 6.45) is 4.20. The molecule has 0 aromatic carbocycles. The van der Waals surface area contributed by atoms with E-state index < -0.39 is 0 Å². The van der Waals surface area contributed by atoms with Crippen LogP contribution in [-0.2, 0) is 6.54 Å². The molecule has 2 aromatic rings. The van der Waals surface area contributed by atoms with Crippen molar-refractivity contribution in [2.45, 2.75) is 18.9 Å². The lowest BCUT2D eigenvalue weighted by Crippen LogP contribution is -2.52. The van der Waals surface area contributed by atoms with Crippen LogP contribution < -0.4 is 10.9 Å². The topological polar surface area (TPSA) is 67.2 Å². The van der Waals surface area contributed by atoms with E-state index in [0.29, 0.717) is 29.7 Å². The Morgan fingerprint density at radius 3 is 2.88 bits per heavy atom. The maximum Gasteiger partial charge on any atom is 0.258 e. The molecule has 7 heteroatoms. The van der Waals surface area contributed by atoms with E-state index in [1.807, 2.05) is 21.6 Å². The number of fused-ring (bicyclic) bond motifs is 4. The number of carbonyl (C=O) groups excluding carboxylic acids is 1. The summed E-state index contributed by atoms with van der Waals surface area (Å²) < 4.78 is 1.88. The van der Waals surface area contributed by atoms with E-state index >= 15 is 0 Å². The van der Waals surface area contributed by atoms with Gasteiger partial charge in [-0.1, -0.05) is 6.07 Å². The quantitative estimate of drug-likeness (QED) is 0.784. The molecule has 1 N–H and O–H groups in total. The Labute approximate surface area is 150 Å². The van der Waals surface area contributed by atoms with Gasteiger partial charge < -0.3 is 9.47 Å². The first kappa shape index (κ1) is 16.0. The average molecular weight is 354 g/mol. The van der Waals surface area contributed by atoms with Gasteiger partial charge in [-0.2, -0.15) is 0 Å². The minimum atomic E-state index is -0.245. The highest BCUT2D eigenvalue weighted by Crippen LogP contribution is 2.34. The number of pyridine rings is 2. The predicted octanol–water partition coefficient (Wildman–Crippen LogP) is 1.38. The number of carbonyl (C=O) groups is 1. The number of likely N-dealkylation sites (tertiary alicyclic amines) is 1. The molecule has 2 bridgehead atoms. The van der Waals surface area contributed by atoms with Crippen LogP contribution in [-0.4, -0.2) is 38.6 Å². The standard InChI is InChI=1S/C18H18N4O2S/c23-16-5-1-4-15-14-7-12(10-22(15)16)9-21(11-14)18(25)20-17(24)13-3-2-6-19-8-13/h1-6,8,12,14H,7,9-11H2,(H,20,24,25)/t12-,14-/m1/s1. The zero-order chi connectivity index (χ0) is 17.4. The van der Waals surface area contributed by atoms with E-state index in [-0.39, 0.29) is 17.4 Å². The number of amides is 1. The normalized spacial score (nSPS) is 21.4. The molecule has 1 saturated heterocycles. The highest BCUT2D eigenvalue weighted by molar-refractivity contribution is 7.80. The van der Waals surface area contributed by atoms with Gasteiger partial charge in [0.2, 0.25) is 0 Å². The smallest absolute Gasteiger partial charge is 0.258 e. The molecule has 4 heterocycles. The van der Waals surface area contributed by atoms with E-state index in [0.717, 1.165) is 18.7 Å². The largest absolute Gasteiger partial charge is 0.348 e. The molecule has 4 rings (SSSR count). The van der Waals surface area contributed by atoms with Crippen LogP contribution in [0.3, 0.4) is 0 Å². The number of thiocarbonyl (C=S) groups is 1. The Morgan fingerprint density at radius 1 is 1.20 bits per heavy atom. The van der Waals surface area contributed by atoms with Crippen LogP contribution >= 0.6 is 12.2 Å². The van der Waals surface area contributed by atoms with Crippen LogP contribution in [0.4, 0.5) is 0 Å². The van der Waals surface area contributed by atoms with E-state index in [4.69, 9.17) is 12.2 Å². The molecule has 0 saturated carbocycles. The lowest BCUT2D eigenvalue weighted by Gasteiger charge is -2.43. The van der Waals surface area contributed by atoms with Crippen LogP contribution in [0.15, 0.2) is 47.5 Å². The Balaban J connectivity index is 1.49. The average Bonchev–Trinajstić information content (AvgIpc) is 2.63. The van der Waals surface area contributed by atoms with Crippen LogP contribution in [0.25, 0.3) is 0 Å². The van der Waals surface area contributed by atoms with Gasteiger partial charge in [-0.15, -0.1) is 0 Å². The summed E-state index contributed by atoms with van der Waals surface area (Å²) in [5, 5.41) is 3.24.